The molecule has 0 saturated heterocycles. The molecule has 1 amide bonds. The summed E-state index contributed by atoms with van der Waals surface area (Å²) in [6, 6.07) is 7.61. The minimum absolute atomic E-state index is 0.0747. The summed E-state index contributed by atoms with van der Waals surface area (Å²) in [5, 5.41) is 9.24. The van der Waals surface area contributed by atoms with Crippen molar-refractivity contribution >= 4 is 14.2 Å². The molecule has 0 aromatic heterocycles. The van der Waals surface area contributed by atoms with Crippen LogP contribution >= 0.6 is 0 Å². The molecule has 0 unspecified atom stereocenters. The smallest absolute Gasteiger partial charge is 0.250 e. The van der Waals surface area contributed by atoms with Crippen molar-refractivity contribution in [2.24, 2.45) is 0 Å². The number of carbonyl (C=O) groups excluding carboxylic acids is 1. The summed E-state index contributed by atoms with van der Waals surface area (Å²) >= 11 is 0. The number of carbonyl (C=O) groups is 1. The number of hydrogen-bond acceptors (Lipinski definition) is 3. The molecule has 122 valence electrons. The first kappa shape index (κ1) is 17.3. The largest absolute Gasteiger partial charge is 0.543 e. The van der Waals surface area contributed by atoms with Crippen LogP contribution in [0.5, 0.6) is 5.75 Å². The van der Waals surface area contributed by atoms with Gasteiger partial charge in [0.15, 0.2) is 0 Å². The first-order chi connectivity index (χ1) is 10.6. The summed E-state index contributed by atoms with van der Waals surface area (Å²) in [5.41, 5.74) is 1.46. The molecule has 0 N–H and O–H groups in total. The highest BCUT2D eigenvalue weighted by Crippen LogP contribution is 2.38. The highest BCUT2D eigenvalue weighted by Gasteiger charge is 2.39. The third kappa shape index (κ3) is 3.83. The second kappa shape index (κ2) is 6.21. The number of rotatable bonds is 4. The number of amides is 1. The molecule has 1 aliphatic rings. The van der Waals surface area contributed by atoms with E-state index < -0.39 is 8.32 Å². The van der Waals surface area contributed by atoms with Gasteiger partial charge in [-0.2, -0.15) is 5.26 Å². The van der Waals surface area contributed by atoms with Gasteiger partial charge in [-0.3, -0.25) is 4.79 Å². The van der Waals surface area contributed by atoms with E-state index in [4.69, 9.17) is 9.69 Å². The molecule has 4 nitrogen and oxygen atoms in total. The van der Waals surface area contributed by atoms with Gasteiger partial charge in [0.2, 0.25) is 14.2 Å². The van der Waals surface area contributed by atoms with E-state index >= 15 is 0 Å². The van der Waals surface area contributed by atoms with Crippen molar-refractivity contribution in [3.63, 3.8) is 0 Å². The van der Waals surface area contributed by atoms with Crippen molar-refractivity contribution in [2.45, 2.75) is 51.9 Å². The van der Waals surface area contributed by atoms with Crippen LogP contribution in [0.2, 0.25) is 18.1 Å². The van der Waals surface area contributed by atoms with Crippen LogP contribution < -0.4 is 4.43 Å². The van der Waals surface area contributed by atoms with Crippen LogP contribution in [0, 0.1) is 11.3 Å². The molecule has 0 radical (unpaired) electrons. The fraction of sp³-hybridized carbons (Fsp3) is 0.444. The van der Waals surface area contributed by atoms with Crippen LogP contribution in [-0.2, 0) is 11.3 Å². The summed E-state index contributed by atoms with van der Waals surface area (Å²) in [6.07, 6.45) is 4.10. The molecule has 0 aliphatic carbocycles. The Balaban J connectivity index is 2.34. The number of benzene rings is 1. The molecule has 23 heavy (non-hydrogen) atoms. The molecular formula is C18H24N2O2Si. The lowest BCUT2D eigenvalue weighted by Crippen LogP contribution is -2.44. The second-order valence-corrected chi connectivity index (χ2v) is 12.1. The summed E-state index contributed by atoms with van der Waals surface area (Å²) in [7, 11) is -1.98. The Morgan fingerprint density at radius 2 is 2.04 bits per heavy atom. The zero-order valence-electron chi connectivity index (χ0n) is 14.5. The van der Waals surface area contributed by atoms with E-state index in [1.807, 2.05) is 18.2 Å². The summed E-state index contributed by atoms with van der Waals surface area (Å²) in [5.74, 6) is 0.856. The van der Waals surface area contributed by atoms with Crippen LogP contribution in [-0.4, -0.2) is 19.1 Å². The molecular weight excluding hydrogens is 304 g/mol. The van der Waals surface area contributed by atoms with Crippen LogP contribution in [0.4, 0.5) is 0 Å². The molecule has 0 atom stereocenters. The Kier molecular flexibility index (Phi) is 4.67. The third-order valence-corrected chi connectivity index (χ3v) is 8.94. The van der Waals surface area contributed by atoms with Gasteiger partial charge in [0.25, 0.3) is 0 Å². The molecule has 0 fully saturated rings. The van der Waals surface area contributed by atoms with E-state index in [1.165, 1.54) is 0 Å². The van der Waals surface area contributed by atoms with Crippen LogP contribution in [0.15, 0.2) is 30.5 Å². The van der Waals surface area contributed by atoms with Crippen molar-refractivity contribution in [3.05, 3.63) is 41.6 Å². The summed E-state index contributed by atoms with van der Waals surface area (Å²) in [4.78, 5) is 13.5. The lowest BCUT2D eigenvalue weighted by Gasteiger charge is -2.37. The Morgan fingerprint density at radius 3 is 2.57 bits per heavy atom. The van der Waals surface area contributed by atoms with Gasteiger partial charge in [-0.05, 0) is 36.3 Å². The zero-order chi connectivity index (χ0) is 17.3. The number of nitriles is 1. The van der Waals surface area contributed by atoms with E-state index in [1.54, 1.807) is 17.2 Å². The average Bonchev–Trinajstić information content (AvgIpc) is 2.84. The SMILES string of the molecule is CC(C)(C)[Si](C)(C)Oc1ccc(C#N)cc1CN1C=CCC1=O. The van der Waals surface area contributed by atoms with Gasteiger partial charge in [-0.25, -0.2) is 0 Å². The lowest BCUT2D eigenvalue weighted by molar-refractivity contribution is -0.127. The van der Waals surface area contributed by atoms with Crippen molar-refractivity contribution in [2.75, 3.05) is 0 Å². The van der Waals surface area contributed by atoms with Gasteiger partial charge in [0.05, 0.1) is 18.2 Å². The maximum absolute atomic E-state index is 11.9. The van der Waals surface area contributed by atoms with Gasteiger partial charge in [0, 0.05) is 18.2 Å². The Bertz CT molecular complexity index is 681. The Hall–Kier alpha value is -2.06. The maximum atomic E-state index is 11.9. The maximum Gasteiger partial charge on any atom is 0.250 e. The van der Waals surface area contributed by atoms with Crippen molar-refractivity contribution < 1.29 is 9.22 Å². The molecule has 0 saturated carbocycles. The van der Waals surface area contributed by atoms with E-state index in [-0.39, 0.29) is 10.9 Å². The van der Waals surface area contributed by atoms with Gasteiger partial charge in [-0.1, -0.05) is 26.8 Å². The first-order valence-corrected chi connectivity index (χ1v) is 10.7. The molecule has 1 aromatic carbocycles. The van der Waals surface area contributed by atoms with Gasteiger partial charge >= 0.3 is 0 Å². The summed E-state index contributed by atoms with van der Waals surface area (Å²) < 4.78 is 6.41. The topological polar surface area (TPSA) is 53.3 Å². The van der Waals surface area contributed by atoms with Gasteiger partial charge in [0.1, 0.15) is 5.75 Å². The second-order valence-electron chi connectivity index (χ2n) is 7.41. The molecule has 0 spiro atoms. The molecule has 1 aliphatic heterocycles. The van der Waals surface area contributed by atoms with Crippen LogP contribution in [0.3, 0.4) is 0 Å². The van der Waals surface area contributed by atoms with Gasteiger partial charge in [-0.15, -0.1) is 0 Å². The average molecular weight is 328 g/mol. The minimum atomic E-state index is -1.98. The van der Waals surface area contributed by atoms with Crippen molar-refractivity contribution in [1.29, 1.82) is 5.26 Å². The monoisotopic (exact) mass is 328 g/mol. The Morgan fingerprint density at radius 1 is 1.35 bits per heavy atom. The predicted octanol–water partition coefficient (Wildman–Crippen LogP) is 4.19. The number of nitrogens with zero attached hydrogens (tertiary/aromatic N) is 2. The third-order valence-electron chi connectivity index (χ3n) is 4.60. The lowest BCUT2D eigenvalue weighted by atomic mass is 10.1. The first-order valence-electron chi connectivity index (χ1n) is 7.82. The normalized spacial score (nSPS) is 15.0. The molecule has 0 bridgehead atoms. The van der Waals surface area contributed by atoms with E-state index in [9.17, 15) is 4.79 Å². The van der Waals surface area contributed by atoms with E-state index in [0.717, 1.165) is 11.3 Å². The number of hydrogen-bond donors (Lipinski definition) is 0. The molecule has 1 heterocycles. The molecule has 2 rings (SSSR count). The van der Waals surface area contributed by atoms with E-state index in [0.29, 0.717) is 18.5 Å². The fourth-order valence-electron chi connectivity index (χ4n) is 2.11. The fourth-order valence-corrected chi connectivity index (χ4v) is 3.16. The molecule has 1 aromatic rings. The van der Waals surface area contributed by atoms with Crippen molar-refractivity contribution in [3.8, 4) is 11.8 Å². The Labute approximate surface area is 139 Å². The van der Waals surface area contributed by atoms with Crippen molar-refractivity contribution in [1.82, 2.24) is 4.90 Å². The van der Waals surface area contributed by atoms with E-state index in [2.05, 4.69) is 39.9 Å². The van der Waals surface area contributed by atoms with Gasteiger partial charge < -0.3 is 9.33 Å². The van der Waals surface area contributed by atoms with Crippen LogP contribution in [0.25, 0.3) is 0 Å². The minimum Gasteiger partial charge on any atom is -0.543 e. The standard InChI is InChI=1S/C18H24N2O2Si/c1-18(2,3)23(4,5)22-16-9-8-14(12-19)11-15(16)13-20-10-6-7-17(20)21/h6,8-11H,7,13H2,1-5H3. The molecule has 5 heteroatoms. The quantitative estimate of drug-likeness (QED) is 0.779. The van der Waals surface area contributed by atoms with Crippen LogP contribution in [0.1, 0.15) is 38.3 Å². The highest BCUT2D eigenvalue weighted by atomic mass is 28.4. The predicted molar refractivity (Wildman–Crippen MR) is 93.3 cm³/mol. The summed E-state index contributed by atoms with van der Waals surface area (Å²) in [6.45, 7) is 11.4. The zero-order valence-corrected chi connectivity index (χ0v) is 15.5. The highest BCUT2D eigenvalue weighted by molar-refractivity contribution is 6.74.